The van der Waals surface area contributed by atoms with Crippen molar-refractivity contribution in [3.05, 3.63) is 59.6 Å². The largest absolute Gasteiger partial charge is 0.350 e. The normalized spacial score (nSPS) is 19.0. The predicted octanol–water partition coefficient (Wildman–Crippen LogP) is 0.636. The molecule has 0 bridgehead atoms. The van der Waals surface area contributed by atoms with E-state index in [1.165, 1.54) is 30.5 Å². The van der Waals surface area contributed by atoms with Crippen LogP contribution in [-0.2, 0) is 20.9 Å². The van der Waals surface area contributed by atoms with E-state index in [-0.39, 0.29) is 18.2 Å². The fourth-order valence-electron chi connectivity index (χ4n) is 2.76. The Bertz CT molecular complexity index is 871. The Morgan fingerprint density at radius 3 is 2.63 bits per heavy atom. The van der Waals surface area contributed by atoms with Crippen molar-refractivity contribution in [2.45, 2.75) is 12.6 Å². The van der Waals surface area contributed by atoms with Crippen LogP contribution < -0.4 is 5.32 Å². The first-order valence-electron chi connectivity index (χ1n) is 8.36. The molecule has 0 saturated carbocycles. The number of carbonyl (C=O) groups excluding carboxylic acids is 3. The summed E-state index contributed by atoms with van der Waals surface area (Å²) >= 11 is 0. The van der Waals surface area contributed by atoms with Gasteiger partial charge in [0.1, 0.15) is 11.7 Å². The smallest absolute Gasteiger partial charge is 0.302 e. The van der Waals surface area contributed by atoms with Crippen LogP contribution in [0.2, 0.25) is 0 Å². The number of benzene rings is 1. The fraction of sp³-hybridized carbons (Fsp3) is 0.263. The van der Waals surface area contributed by atoms with Gasteiger partial charge in [0, 0.05) is 19.3 Å². The third kappa shape index (κ3) is 4.17. The zero-order chi connectivity index (χ0) is 19.6. The molecule has 2 aliphatic rings. The number of nitrogens with zero attached hydrogens (tertiary/aromatic N) is 3. The molecule has 27 heavy (non-hydrogen) atoms. The van der Waals surface area contributed by atoms with Gasteiger partial charge in [0.15, 0.2) is 6.04 Å². The molecule has 0 spiro atoms. The summed E-state index contributed by atoms with van der Waals surface area (Å²) < 4.78 is 12.9. The molecule has 2 amide bonds. The Balaban J connectivity index is 1.76. The van der Waals surface area contributed by atoms with E-state index < -0.39 is 23.6 Å². The van der Waals surface area contributed by atoms with Crippen LogP contribution in [0.4, 0.5) is 4.39 Å². The van der Waals surface area contributed by atoms with E-state index in [0.717, 1.165) is 10.5 Å². The van der Waals surface area contributed by atoms with E-state index in [1.54, 1.807) is 12.2 Å². The van der Waals surface area contributed by atoms with Gasteiger partial charge < -0.3 is 10.2 Å². The maximum Gasteiger partial charge on any atom is 0.302 e. The lowest BCUT2D eigenvalue weighted by Crippen LogP contribution is -2.52. The Kier molecular flexibility index (Phi) is 5.27. The first kappa shape index (κ1) is 18.7. The maximum atomic E-state index is 12.9. The average molecular weight is 370 g/mol. The molecule has 0 aromatic heterocycles. The van der Waals surface area contributed by atoms with Crippen molar-refractivity contribution in [3.63, 3.8) is 0 Å². The molecule has 3 rings (SSSR count). The lowest BCUT2D eigenvalue weighted by molar-refractivity contribution is -0.144. The van der Waals surface area contributed by atoms with Crippen LogP contribution in [0.3, 0.4) is 0 Å². The van der Waals surface area contributed by atoms with E-state index in [0.29, 0.717) is 12.1 Å². The molecule has 7 nitrogen and oxygen atoms in total. The van der Waals surface area contributed by atoms with Gasteiger partial charge in [-0.25, -0.2) is 9.38 Å². The van der Waals surface area contributed by atoms with Gasteiger partial charge in [0.25, 0.3) is 11.7 Å². The molecule has 1 aromatic rings. The zero-order valence-electron chi connectivity index (χ0n) is 15.0. The SMILES string of the molecule is CN(C)CC1=CC2=NC(C(=O)NCc3ccc(F)cc3)C(=O)C(=O)N2C=C1. The van der Waals surface area contributed by atoms with Crippen molar-refractivity contribution < 1.29 is 18.8 Å². The van der Waals surface area contributed by atoms with Crippen LogP contribution in [-0.4, -0.2) is 59.9 Å². The number of carbonyl (C=O) groups is 3. The highest BCUT2D eigenvalue weighted by Crippen LogP contribution is 2.17. The van der Waals surface area contributed by atoms with Crippen molar-refractivity contribution >= 4 is 23.4 Å². The van der Waals surface area contributed by atoms with Gasteiger partial charge in [0.2, 0.25) is 0 Å². The molecule has 1 aromatic carbocycles. The summed E-state index contributed by atoms with van der Waals surface area (Å²) in [7, 11) is 3.81. The minimum absolute atomic E-state index is 0.104. The Labute approximate surface area is 155 Å². The van der Waals surface area contributed by atoms with Gasteiger partial charge in [0.05, 0.1) is 0 Å². The summed E-state index contributed by atoms with van der Waals surface area (Å²) in [6.45, 7) is 0.736. The van der Waals surface area contributed by atoms with Crippen LogP contribution >= 0.6 is 0 Å². The van der Waals surface area contributed by atoms with Gasteiger partial charge in [-0.1, -0.05) is 12.1 Å². The monoisotopic (exact) mass is 370 g/mol. The molecular weight excluding hydrogens is 351 g/mol. The summed E-state index contributed by atoms with van der Waals surface area (Å²) in [6, 6.07) is 4.19. The van der Waals surface area contributed by atoms with Crippen LogP contribution in [0.5, 0.6) is 0 Å². The lowest BCUT2D eigenvalue weighted by Gasteiger charge is -2.28. The van der Waals surface area contributed by atoms with Crippen molar-refractivity contribution in [1.82, 2.24) is 15.1 Å². The molecule has 0 fully saturated rings. The second kappa shape index (κ2) is 7.63. The number of amides is 2. The van der Waals surface area contributed by atoms with E-state index in [9.17, 15) is 18.8 Å². The molecule has 2 heterocycles. The molecule has 0 aliphatic carbocycles. The molecule has 1 atom stereocenters. The number of nitrogens with one attached hydrogen (secondary N) is 1. The Morgan fingerprint density at radius 2 is 1.96 bits per heavy atom. The molecule has 140 valence electrons. The number of fused-ring (bicyclic) bond motifs is 1. The number of hydrogen-bond donors (Lipinski definition) is 1. The second-order valence-electron chi connectivity index (χ2n) is 6.55. The molecule has 2 aliphatic heterocycles. The zero-order valence-corrected chi connectivity index (χ0v) is 15.0. The highest BCUT2D eigenvalue weighted by molar-refractivity contribution is 6.47. The number of halogens is 1. The molecule has 0 saturated heterocycles. The van der Waals surface area contributed by atoms with Gasteiger partial charge in [-0.05, 0) is 49.5 Å². The standard InChI is InChI=1S/C19H19FN4O3/c1-23(2)11-13-7-8-24-15(9-13)22-16(17(25)19(24)27)18(26)21-10-12-3-5-14(20)6-4-12/h3-9,16H,10-11H2,1-2H3,(H,21,26). The summed E-state index contributed by atoms with van der Waals surface area (Å²) in [5, 5.41) is 2.57. The molecule has 8 heteroatoms. The molecular formula is C19H19FN4O3. The third-order valence-corrected chi connectivity index (χ3v) is 4.07. The minimum Gasteiger partial charge on any atom is -0.350 e. The fourth-order valence-corrected chi connectivity index (χ4v) is 2.76. The average Bonchev–Trinajstić information content (AvgIpc) is 2.63. The van der Waals surface area contributed by atoms with Crippen molar-refractivity contribution in [1.29, 1.82) is 0 Å². The van der Waals surface area contributed by atoms with Crippen LogP contribution in [0.1, 0.15) is 5.56 Å². The quantitative estimate of drug-likeness (QED) is 0.609. The van der Waals surface area contributed by atoms with E-state index in [4.69, 9.17) is 0 Å². The number of Topliss-reactive ketones (excluding diaryl/α,β-unsaturated/α-hetero) is 1. The highest BCUT2D eigenvalue weighted by Gasteiger charge is 2.40. The Morgan fingerprint density at radius 1 is 1.26 bits per heavy atom. The van der Waals surface area contributed by atoms with Crippen molar-refractivity contribution in [2.75, 3.05) is 20.6 Å². The lowest BCUT2D eigenvalue weighted by atomic mass is 10.1. The van der Waals surface area contributed by atoms with Crippen molar-refractivity contribution in [3.8, 4) is 0 Å². The van der Waals surface area contributed by atoms with Crippen LogP contribution in [0, 0.1) is 5.82 Å². The summed E-state index contributed by atoms with van der Waals surface area (Å²) in [5.74, 6) is -2.46. The molecule has 1 unspecified atom stereocenters. The molecule has 1 N–H and O–H groups in total. The van der Waals surface area contributed by atoms with Crippen molar-refractivity contribution in [2.24, 2.45) is 4.99 Å². The third-order valence-electron chi connectivity index (χ3n) is 4.07. The number of aliphatic imine (C=N–C) groups is 1. The summed E-state index contributed by atoms with van der Waals surface area (Å²) in [4.78, 5) is 44.2. The summed E-state index contributed by atoms with van der Waals surface area (Å²) in [6.07, 6.45) is 4.91. The van der Waals surface area contributed by atoms with E-state index in [2.05, 4.69) is 10.3 Å². The minimum atomic E-state index is -1.42. The number of likely N-dealkylation sites (N-methyl/N-ethyl adjacent to an activating group) is 1. The first-order chi connectivity index (χ1) is 12.8. The highest BCUT2D eigenvalue weighted by atomic mass is 19.1. The number of ketones is 1. The van der Waals surface area contributed by atoms with Crippen LogP contribution in [0.15, 0.2) is 53.2 Å². The first-order valence-corrected chi connectivity index (χ1v) is 8.36. The number of amidine groups is 1. The maximum absolute atomic E-state index is 12.9. The second-order valence-corrected chi connectivity index (χ2v) is 6.55. The van der Waals surface area contributed by atoms with Gasteiger partial charge in [-0.3, -0.25) is 19.3 Å². The summed E-state index contributed by atoms with van der Waals surface area (Å²) in [5.41, 5.74) is 1.57. The Hall–Kier alpha value is -3.13. The van der Waals surface area contributed by atoms with Gasteiger partial charge in [-0.2, -0.15) is 0 Å². The predicted molar refractivity (Wildman–Crippen MR) is 97.1 cm³/mol. The van der Waals surface area contributed by atoms with Gasteiger partial charge >= 0.3 is 5.91 Å². The van der Waals surface area contributed by atoms with E-state index >= 15 is 0 Å². The number of hydrogen-bond acceptors (Lipinski definition) is 5. The van der Waals surface area contributed by atoms with Crippen LogP contribution in [0.25, 0.3) is 0 Å². The van der Waals surface area contributed by atoms with Gasteiger partial charge in [-0.15, -0.1) is 0 Å². The molecule has 0 radical (unpaired) electrons. The van der Waals surface area contributed by atoms with E-state index in [1.807, 2.05) is 19.0 Å². The number of rotatable bonds is 5. The topological polar surface area (TPSA) is 82.1 Å².